The van der Waals surface area contributed by atoms with Gasteiger partial charge in [0, 0.05) is 19.0 Å². The smallest absolute Gasteiger partial charge is 0.226 e. The summed E-state index contributed by atoms with van der Waals surface area (Å²) >= 11 is 0. The van der Waals surface area contributed by atoms with Crippen molar-refractivity contribution in [3.8, 4) is 0 Å². The molecule has 2 rings (SSSR count). The van der Waals surface area contributed by atoms with E-state index in [0.717, 1.165) is 23.5 Å². The normalized spacial score (nSPS) is 15.8. The Bertz CT molecular complexity index is 412. The van der Waals surface area contributed by atoms with Crippen molar-refractivity contribution < 1.29 is 4.79 Å². The highest BCUT2D eigenvalue weighted by atomic mass is 16.1. The van der Waals surface area contributed by atoms with Gasteiger partial charge in [0.25, 0.3) is 0 Å². The first kappa shape index (κ1) is 11.0. The number of para-hydroxylation sites is 1. The minimum atomic E-state index is 0.110. The van der Waals surface area contributed by atoms with Gasteiger partial charge in [0.05, 0.1) is 11.4 Å². The van der Waals surface area contributed by atoms with Crippen LogP contribution in [0.25, 0.3) is 0 Å². The number of fused-ring (bicyclic) bond motifs is 1. The summed E-state index contributed by atoms with van der Waals surface area (Å²) in [6.45, 7) is 7.13. The Labute approximate surface area is 96.5 Å². The number of carbonyl (C=O) groups excluding carboxylic acids is 1. The molecule has 1 aliphatic rings. The zero-order chi connectivity index (χ0) is 11.7. The molecule has 0 aromatic heterocycles. The van der Waals surface area contributed by atoms with Crippen molar-refractivity contribution in [2.45, 2.75) is 33.2 Å². The van der Waals surface area contributed by atoms with E-state index >= 15 is 0 Å². The van der Waals surface area contributed by atoms with Gasteiger partial charge in [-0.3, -0.25) is 4.79 Å². The van der Waals surface area contributed by atoms with Crippen LogP contribution < -0.4 is 10.2 Å². The lowest BCUT2D eigenvalue weighted by atomic mass is 10.1. The molecule has 3 heteroatoms. The lowest BCUT2D eigenvalue weighted by molar-refractivity contribution is -0.115. The van der Waals surface area contributed by atoms with E-state index in [-0.39, 0.29) is 5.91 Å². The van der Waals surface area contributed by atoms with Crippen molar-refractivity contribution in [1.82, 2.24) is 0 Å². The average Bonchev–Trinajstić information content (AvgIpc) is 2.38. The molecule has 1 amide bonds. The minimum Gasteiger partial charge on any atom is -0.367 e. The Morgan fingerprint density at radius 1 is 1.38 bits per heavy atom. The van der Waals surface area contributed by atoms with E-state index in [4.69, 9.17) is 0 Å². The van der Waals surface area contributed by atoms with Crippen LogP contribution in [0.1, 0.15) is 25.8 Å². The van der Waals surface area contributed by atoms with Gasteiger partial charge in [0.1, 0.15) is 0 Å². The summed E-state index contributed by atoms with van der Waals surface area (Å²) in [5, 5.41) is 2.99. The summed E-state index contributed by atoms with van der Waals surface area (Å²) in [5.74, 6) is 0.110. The largest absolute Gasteiger partial charge is 0.367 e. The zero-order valence-corrected chi connectivity index (χ0v) is 10.1. The van der Waals surface area contributed by atoms with Crippen LogP contribution in [0.2, 0.25) is 0 Å². The second-order valence-corrected chi connectivity index (χ2v) is 4.55. The molecule has 0 spiro atoms. The van der Waals surface area contributed by atoms with Gasteiger partial charge in [0.15, 0.2) is 0 Å². The second kappa shape index (κ2) is 4.16. The lowest BCUT2D eigenvalue weighted by Gasteiger charge is -2.28. The minimum absolute atomic E-state index is 0.110. The molecule has 1 aliphatic heterocycles. The molecule has 0 radical (unpaired) electrons. The molecule has 0 saturated carbocycles. The second-order valence-electron chi connectivity index (χ2n) is 4.55. The molecule has 0 bridgehead atoms. The van der Waals surface area contributed by atoms with Crippen molar-refractivity contribution in [2.75, 3.05) is 16.8 Å². The highest BCUT2D eigenvalue weighted by Crippen LogP contribution is 2.32. The van der Waals surface area contributed by atoms with E-state index in [1.807, 2.05) is 19.1 Å². The van der Waals surface area contributed by atoms with Gasteiger partial charge < -0.3 is 10.2 Å². The third kappa shape index (κ3) is 1.90. The van der Waals surface area contributed by atoms with Crippen LogP contribution in [0.3, 0.4) is 0 Å². The average molecular weight is 218 g/mol. The van der Waals surface area contributed by atoms with E-state index in [9.17, 15) is 4.79 Å². The van der Waals surface area contributed by atoms with Gasteiger partial charge in [-0.2, -0.15) is 0 Å². The number of benzene rings is 1. The number of hydrogen-bond acceptors (Lipinski definition) is 2. The van der Waals surface area contributed by atoms with Crippen molar-refractivity contribution in [3.05, 3.63) is 23.8 Å². The Morgan fingerprint density at radius 3 is 2.81 bits per heavy atom. The lowest BCUT2D eigenvalue weighted by Crippen LogP contribution is -2.31. The number of anilines is 2. The highest BCUT2D eigenvalue weighted by molar-refractivity contribution is 5.97. The molecule has 1 heterocycles. The fourth-order valence-electron chi connectivity index (χ4n) is 2.13. The number of nitrogens with one attached hydrogen (secondary N) is 1. The summed E-state index contributed by atoms with van der Waals surface area (Å²) in [7, 11) is 0. The zero-order valence-electron chi connectivity index (χ0n) is 10.1. The van der Waals surface area contributed by atoms with E-state index < -0.39 is 0 Å². The molecule has 0 saturated heterocycles. The Balaban J connectivity index is 2.50. The third-order valence-corrected chi connectivity index (χ3v) is 3.03. The molecule has 86 valence electrons. The molecule has 0 fully saturated rings. The molecule has 16 heavy (non-hydrogen) atoms. The van der Waals surface area contributed by atoms with Crippen LogP contribution in [0.5, 0.6) is 0 Å². The summed E-state index contributed by atoms with van der Waals surface area (Å²) in [6.07, 6.45) is 0.562. The predicted molar refractivity (Wildman–Crippen MR) is 66.9 cm³/mol. The third-order valence-electron chi connectivity index (χ3n) is 3.03. The van der Waals surface area contributed by atoms with Gasteiger partial charge in [-0.05, 0) is 32.4 Å². The van der Waals surface area contributed by atoms with Crippen molar-refractivity contribution in [2.24, 2.45) is 0 Å². The Morgan fingerprint density at radius 2 is 2.12 bits per heavy atom. The number of amides is 1. The number of rotatable bonds is 1. The van der Waals surface area contributed by atoms with E-state index in [1.165, 1.54) is 0 Å². The van der Waals surface area contributed by atoms with E-state index in [2.05, 4.69) is 30.1 Å². The number of carbonyl (C=O) groups is 1. The van der Waals surface area contributed by atoms with Gasteiger partial charge in [-0.25, -0.2) is 0 Å². The van der Waals surface area contributed by atoms with Crippen LogP contribution >= 0.6 is 0 Å². The maximum Gasteiger partial charge on any atom is 0.226 e. The SMILES string of the molecule is Cc1cccc2c1NC(=O)CCN2C(C)C. The maximum atomic E-state index is 11.6. The molecule has 0 unspecified atom stereocenters. The van der Waals surface area contributed by atoms with Gasteiger partial charge in [0.2, 0.25) is 5.91 Å². The van der Waals surface area contributed by atoms with Crippen LogP contribution in [-0.2, 0) is 4.79 Å². The molecule has 1 aromatic carbocycles. The topological polar surface area (TPSA) is 32.3 Å². The van der Waals surface area contributed by atoms with Gasteiger partial charge in [-0.15, -0.1) is 0 Å². The first-order chi connectivity index (χ1) is 7.59. The molecule has 1 N–H and O–H groups in total. The van der Waals surface area contributed by atoms with Crippen LogP contribution in [0, 0.1) is 6.92 Å². The fourth-order valence-corrected chi connectivity index (χ4v) is 2.13. The van der Waals surface area contributed by atoms with Crippen LogP contribution in [0.15, 0.2) is 18.2 Å². The molecule has 3 nitrogen and oxygen atoms in total. The Kier molecular flexibility index (Phi) is 2.86. The quantitative estimate of drug-likeness (QED) is 0.785. The fraction of sp³-hybridized carbons (Fsp3) is 0.462. The highest BCUT2D eigenvalue weighted by Gasteiger charge is 2.21. The van der Waals surface area contributed by atoms with Crippen molar-refractivity contribution >= 4 is 17.3 Å². The van der Waals surface area contributed by atoms with Crippen molar-refractivity contribution in [1.29, 1.82) is 0 Å². The summed E-state index contributed by atoms with van der Waals surface area (Å²) in [6, 6.07) is 6.56. The van der Waals surface area contributed by atoms with Crippen LogP contribution in [-0.4, -0.2) is 18.5 Å². The first-order valence-electron chi connectivity index (χ1n) is 5.75. The van der Waals surface area contributed by atoms with Crippen molar-refractivity contribution in [3.63, 3.8) is 0 Å². The van der Waals surface area contributed by atoms with Gasteiger partial charge in [-0.1, -0.05) is 12.1 Å². The van der Waals surface area contributed by atoms with E-state index in [0.29, 0.717) is 12.5 Å². The number of hydrogen-bond donors (Lipinski definition) is 1. The standard InChI is InChI=1S/C13H18N2O/c1-9(2)15-8-7-12(16)14-13-10(3)5-4-6-11(13)15/h4-6,9H,7-8H2,1-3H3,(H,14,16). The van der Waals surface area contributed by atoms with Gasteiger partial charge >= 0.3 is 0 Å². The number of aryl methyl sites for hydroxylation is 1. The predicted octanol–water partition coefficient (Wildman–Crippen LogP) is 2.55. The summed E-state index contributed by atoms with van der Waals surface area (Å²) in [4.78, 5) is 13.9. The monoisotopic (exact) mass is 218 g/mol. The maximum absolute atomic E-state index is 11.6. The number of nitrogens with zero attached hydrogens (tertiary/aromatic N) is 1. The summed E-state index contributed by atoms with van der Waals surface area (Å²) in [5.41, 5.74) is 3.23. The first-order valence-corrected chi connectivity index (χ1v) is 5.75. The molecule has 0 aliphatic carbocycles. The summed E-state index contributed by atoms with van der Waals surface area (Å²) < 4.78 is 0. The Hall–Kier alpha value is -1.51. The van der Waals surface area contributed by atoms with Crippen LogP contribution in [0.4, 0.5) is 11.4 Å². The molecular weight excluding hydrogens is 200 g/mol. The molecular formula is C13H18N2O. The molecule has 1 aromatic rings. The molecule has 0 atom stereocenters. The van der Waals surface area contributed by atoms with E-state index in [1.54, 1.807) is 0 Å².